The van der Waals surface area contributed by atoms with Gasteiger partial charge in [0.2, 0.25) is 5.43 Å². The molecule has 1 aliphatic heterocycles. The van der Waals surface area contributed by atoms with Crippen LogP contribution in [0.2, 0.25) is 0 Å². The molecule has 200 valence electrons. The Morgan fingerprint density at radius 1 is 1.26 bits per heavy atom. The molecule has 0 atom stereocenters. The first-order valence-electron chi connectivity index (χ1n) is 12.5. The lowest BCUT2D eigenvalue weighted by atomic mass is 9.86. The average molecular weight is 526 g/mol. The van der Waals surface area contributed by atoms with Crippen LogP contribution in [-0.2, 0) is 17.9 Å². The van der Waals surface area contributed by atoms with E-state index in [0.29, 0.717) is 36.4 Å². The molecule has 4 N–H and O–H groups in total. The zero-order chi connectivity index (χ0) is 26.8. The average Bonchev–Trinajstić information content (AvgIpc) is 2.90. The number of carboxylic acid groups (broad SMARTS) is 1. The number of nitrogens with one attached hydrogen (secondary N) is 3. The van der Waals surface area contributed by atoms with Crippen molar-refractivity contribution < 1.29 is 23.8 Å². The number of aromatic carboxylic acids is 1. The molecule has 1 fully saturated rings. The summed E-state index contributed by atoms with van der Waals surface area (Å²) in [7, 11) is 0. The predicted octanol–water partition coefficient (Wildman–Crippen LogP) is 2.14. The molecule has 3 aromatic rings. The van der Waals surface area contributed by atoms with Crippen molar-refractivity contribution in [3.8, 4) is 5.88 Å². The number of aryl methyl sites for hydroxylation is 1. The highest BCUT2D eigenvalue weighted by atomic mass is 19.1. The highest BCUT2D eigenvalue weighted by Gasteiger charge is 2.24. The van der Waals surface area contributed by atoms with E-state index in [2.05, 4.69) is 30.9 Å². The summed E-state index contributed by atoms with van der Waals surface area (Å²) in [6, 6.07) is 1.10. The van der Waals surface area contributed by atoms with Crippen molar-refractivity contribution in [3.63, 3.8) is 0 Å². The number of aromatic nitrogens is 4. The fraction of sp³-hybridized carbons (Fsp3) is 0.440. The highest BCUT2D eigenvalue weighted by Crippen LogP contribution is 2.28. The van der Waals surface area contributed by atoms with Gasteiger partial charge in [0.25, 0.3) is 11.8 Å². The van der Waals surface area contributed by atoms with E-state index in [4.69, 9.17) is 4.74 Å². The van der Waals surface area contributed by atoms with E-state index in [1.165, 1.54) is 6.20 Å². The van der Waals surface area contributed by atoms with Crippen molar-refractivity contribution in [1.82, 2.24) is 24.8 Å². The molecule has 0 unspecified atom stereocenters. The number of carboxylic acids is 1. The van der Waals surface area contributed by atoms with E-state index in [0.717, 1.165) is 38.3 Å². The molecule has 12 nitrogen and oxygen atoms in total. The minimum atomic E-state index is -1.35. The fourth-order valence-corrected chi connectivity index (χ4v) is 4.88. The fourth-order valence-electron chi connectivity index (χ4n) is 4.88. The minimum Gasteiger partial charge on any atom is -0.477 e. The summed E-state index contributed by atoms with van der Waals surface area (Å²) in [6.07, 6.45) is 6.38. The molecule has 1 aliphatic carbocycles. The van der Waals surface area contributed by atoms with Gasteiger partial charge in [-0.2, -0.15) is 0 Å². The molecule has 1 amide bonds. The van der Waals surface area contributed by atoms with Crippen LogP contribution in [0.25, 0.3) is 11.0 Å². The SMILES string of the molecule is CCn1cc(C(=O)O)c(=O)c2cc(F)c(NC3CCC(CNCc4cnc5c(n4)NC(=O)CO5)CC3)nc21. The van der Waals surface area contributed by atoms with Gasteiger partial charge >= 0.3 is 5.97 Å². The van der Waals surface area contributed by atoms with E-state index >= 15 is 0 Å². The molecule has 0 saturated heterocycles. The number of carbonyl (C=O) groups excluding carboxylic acids is 1. The number of hydrogen-bond donors (Lipinski definition) is 4. The molecule has 2 aliphatic rings. The van der Waals surface area contributed by atoms with Gasteiger partial charge in [-0.25, -0.2) is 24.1 Å². The lowest BCUT2D eigenvalue weighted by Crippen LogP contribution is -2.32. The number of nitrogens with zero attached hydrogens (tertiary/aromatic N) is 4. The lowest BCUT2D eigenvalue weighted by Gasteiger charge is -2.29. The summed E-state index contributed by atoms with van der Waals surface area (Å²) in [4.78, 5) is 48.3. The van der Waals surface area contributed by atoms with Gasteiger partial charge in [0.15, 0.2) is 24.1 Å². The monoisotopic (exact) mass is 525 g/mol. The Morgan fingerprint density at radius 2 is 2.05 bits per heavy atom. The third kappa shape index (κ3) is 5.28. The highest BCUT2D eigenvalue weighted by molar-refractivity contribution is 5.93. The van der Waals surface area contributed by atoms with Crippen LogP contribution in [0.4, 0.5) is 16.0 Å². The molecular formula is C25H28FN7O5. The zero-order valence-corrected chi connectivity index (χ0v) is 20.8. The van der Waals surface area contributed by atoms with Crippen molar-refractivity contribution in [2.24, 2.45) is 5.92 Å². The van der Waals surface area contributed by atoms with E-state index in [-0.39, 0.29) is 35.4 Å². The van der Waals surface area contributed by atoms with Crippen LogP contribution in [0, 0.1) is 11.7 Å². The van der Waals surface area contributed by atoms with Crippen LogP contribution in [0.3, 0.4) is 0 Å². The first kappa shape index (κ1) is 25.5. The maximum Gasteiger partial charge on any atom is 0.341 e. The maximum atomic E-state index is 14.9. The van der Waals surface area contributed by atoms with Crippen LogP contribution in [0.1, 0.15) is 48.7 Å². The van der Waals surface area contributed by atoms with Crippen LogP contribution >= 0.6 is 0 Å². The van der Waals surface area contributed by atoms with Gasteiger partial charge in [-0.3, -0.25) is 9.59 Å². The number of anilines is 2. The molecule has 1 saturated carbocycles. The van der Waals surface area contributed by atoms with Crippen LogP contribution in [0.15, 0.2) is 23.3 Å². The summed E-state index contributed by atoms with van der Waals surface area (Å²) >= 11 is 0. The van der Waals surface area contributed by atoms with Gasteiger partial charge in [0, 0.05) is 25.3 Å². The zero-order valence-electron chi connectivity index (χ0n) is 20.8. The Balaban J connectivity index is 1.17. The largest absolute Gasteiger partial charge is 0.477 e. The smallest absolute Gasteiger partial charge is 0.341 e. The number of amides is 1. The van der Waals surface area contributed by atoms with Gasteiger partial charge in [-0.15, -0.1) is 0 Å². The number of rotatable bonds is 8. The third-order valence-electron chi connectivity index (χ3n) is 6.89. The second-order valence-corrected chi connectivity index (χ2v) is 9.50. The van der Waals surface area contributed by atoms with Crippen molar-refractivity contribution in [2.45, 2.75) is 51.7 Å². The normalized spacial score (nSPS) is 18.9. The number of fused-ring (bicyclic) bond motifs is 2. The van der Waals surface area contributed by atoms with Gasteiger partial charge in [-0.1, -0.05) is 0 Å². The first-order valence-corrected chi connectivity index (χ1v) is 12.5. The number of pyridine rings is 2. The Kier molecular flexibility index (Phi) is 7.18. The van der Waals surface area contributed by atoms with E-state index in [1.807, 2.05) is 0 Å². The van der Waals surface area contributed by atoms with Crippen molar-refractivity contribution >= 4 is 34.5 Å². The molecule has 38 heavy (non-hydrogen) atoms. The van der Waals surface area contributed by atoms with Crippen molar-refractivity contribution in [3.05, 3.63) is 45.8 Å². The maximum absolute atomic E-state index is 14.9. The Labute approximate surface area is 216 Å². The lowest BCUT2D eigenvalue weighted by molar-refractivity contribution is -0.118. The summed E-state index contributed by atoms with van der Waals surface area (Å²) in [5.41, 5.74) is -0.209. The molecular weight excluding hydrogens is 497 g/mol. The summed E-state index contributed by atoms with van der Waals surface area (Å²) in [6.45, 7) is 3.41. The first-order chi connectivity index (χ1) is 18.3. The minimum absolute atomic E-state index is 0.0286. The van der Waals surface area contributed by atoms with E-state index < -0.39 is 22.8 Å². The van der Waals surface area contributed by atoms with Crippen molar-refractivity contribution in [1.29, 1.82) is 0 Å². The van der Waals surface area contributed by atoms with Gasteiger partial charge in [0.05, 0.1) is 17.3 Å². The molecule has 0 aromatic carbocycles. The summed E-state index contributed by atoms with van der Waals surface area (Å²) < 4.78 is 21.6. The van der Waals surface area contributed by atoms with Crippen molar-refractivity contribution in [2.75, 3.05) is 23.8 Å². The predicted molar refractivity (Wildman–Crippen MR) is 136 cm³/mol. The Bertz CT molecular complexity index is 1450. The number of halogens is 1. The number of carbonyl (C=O) groups is 2. The van der Waals surface area contributed by atoms with E-state index in [1.54, 1.807) is 17.7 Å². The molecule has 4 heterocycles. The summed E-state index contributed by atoms with van der Waals surface area (Å²) in [5, 5.41) is 18.5. The Hall–Kier alpha value is -4.13. The third-order valence-corrected chi connectivity index (χ3v) is 6.89. The second kappa shape index (κ2) is 10.7. The topological polar surface area (TPSA) is 160 Å². The van der Waals surface area contributed by atoms with Crippen LogP contribution in [-0.4, -0.2) is 55.7 Å². The molecule has 0 spiro atoms. The number of hydrogen-bond acceptors (Lipinski definition) is 9. The molecule has 0 bridgehead atoms. The van der Waals surface area contributed by atoms with Crippen LogP contribution in [0.5, 0.6) is 5.88 Å². The number of ether oxygens (including phenoxy) is 1. The second-order valence-electron chi connectivity index (χ2n) is 9.50. The molecule has 5 rings (SSSR count). The van der Waals surface area contributed by atoms with E-state index in [9.17, 15) is 23.9 Å². The molecule has 13 heteroatoms. The quantitative estimate of drug-likeness (QED) is 0.343. The van der Waals surface area contributed by atoms with Gasteiger partial charge in [0.1, 0.15) is 11.2 Å². The standard InChI is InChI=1S/C25H28FN7O5/c1-2-33-11-17(25(36)37)20(35)16-7-18(26)21(32-23(16)33)29-14-5-3-13(4-6-14)8-27-9-15-10-28-24-22(30-15)31-19(34)12-38-24/h7,10-11,13-14,27H,2-6,8-9,12H2,1H3,(H,29,32)(H,36,37)(H,30,31,34). The Morgan fingerprint density at radius 3 is 2.79 bits per heavy atom. The van der Waals surface area contributed by atoms with Gasteiger partial charge in [-0.05, 0) is 51.1 Å². The molecule has 0 radical (unpaired) electrons. The molecule has 3 aromatic heterocycles. The van der Waals surface area contributed by atoms with Crippen LogP contribution < -0.4 is 26.1 Å². The summed E-state index contributed by atoms with van der Waals surface area (Å²) in [5.74, 6) is -1.14. The van der Waals surface area contributed by atoms with Gasteiger partial charge < -0.3 is 30.4 Å².